The molecule has 0 aliphatic rings. The van der Waals surface area contributed by atoms with Crippen molar-refractivity contribution in [2.24, 2.45) is 0 Å². The molecule has 0 saturated carbocycles. The fourth-order valence-electron chi connectivity index (χ4n) is 0. The molecule has 0 bridgehead atoms. The molecule has 0 nitrogen and oxygen atoms in total. The molecule has 7 heavy (non-hydrogen) atoms. The van der Waals surface area contributed by atoms with Crippen molar-refractivity contribution in [1.29, 1.82) is 0 Å². The Kier molecular flexibility index (Phi) is 2.65. The van der Waals surface area contributed by atoms with Gasteiger partial charge in [-0.3, -0.25) is 0 Å². The zero-order valence-electron chi connectivity index (χ0n) is 2.89. The molecule has 0 fully saturated rings. The Hall–Kier alpha value is 0.800. The van der Waals surface area contributed by atoms with Gasteiger partial charge in [-0.25, -0.2) is 0 Å². The Balaban J connectivity index is 3.54. The summed E-state index contributed by atoms with van der Waals surface area (Å²) in [5, 5.41) is 0. The van der Waals surface area contributed by atoms with E-state index in [0.29, 0.717) is 0 Å². The first-order valence-electron chi connectivity index (χ1n) is 1.19. The Labute approximate surface area is 48.9 Å². The van der Waals surface area contributed by atoms with E-state index >= 15 is 0 Å². The first-order valence-corrected chi connectivity index (χ1v) is 4.72. The molecule has 0 radical (unpaired) electrons. The maximum absolute atomic E-state index is 11.0. The van der Waals surface area contributed by atoms with E-state index in [2.05, 4.69) is 22.5 Å². The van der Waals surface area contributed by atoms with Crippen molar-refractivity contribution >= 4 is 29.1 Å². The Bertz CT molecular complexity index is 58.4. The van der Waals surface area contributed by atoms with Crippen LogP contribution in [0.15, 0.2) is 0 Å². The topological polar surface area (TPSA) is 0 Å². The van der Waals surface area contributed by atoms with Crippen molar-refractivity contribution in [3.63, 3.8) is 0 Å². The van der Waals surface area contributed by atoms with Crippen molar-refractivity contribution in [1.82, 2.24) is 0 Å². The van der Waals surface area contributed by atoms with E-state index in [1.165, 1.54) is 0 Å². The Morgan fingerprint density at radius 1 is 1.14 bits per heavy atom. The van der Waals surface area contributed by atoms with Gasteiger partial charge in [0.05, 0.1) is 0 Å². The van der Waals surface area contributed by atoms with Crippen LogP contribution in [0.1, 0.15) is 0 Å². The zero-order chi connectivity index (χ0) is 6.08. The summed E-state index contributed by atoms with van der Waals surface area (Å²) >= 11 is 8.99. The van der Waals surface area contributed by atoms with Gasteiger partial charge in [-0.15, -0.1) is 13.2 Å². The summed E-state index contributed by atoms with van der Waals surface area (Å²) in [5.41, 5.74) is 0. The molecule has 0 aliphatic carbocycles. The molecule has 6 heteroatoms. The normalized spacial score (nSPS) is 12.9. The average Bonchev–Trinajstić information content (AvgIpc) is 1.31. The number of halogens is 5. The van der Waals surface area contributed by atoms with E-state index in [-0.39, 0.29) is 0 Å². The second-order valence-electron chi connectivity index (χ2n) is 0.758. The third-order valence-electron chi connectivity index (χ3n) is 0.214. The van der Waals surface area contributed by atoms with Gasteiger partial charge >= 0.3 is 12.5 Å². The maximum Gasteiger partial charge on any atom is 0.540 e. The van der Waals surface area contributed by atoms with Crippen LogP contribution in [-0.2, 0) is 0 Å². The minimum atomic E-state index is -4.37. The lowest BCUT2D eigenvalue weighted by Crippen LogP contribution is -1.95. The van der Waals surface area contributed by atoms with Crippen molar-refractivity contribution in [2.45, 2.75) is 5.92 Å². The van der Waals surface area contributed by atoms with Gasteiger partial charge in [-0.05, 0) is 0 Å². The highest BCUT2D eigenvalue weighted by Gasteiger charge is 2.47. The molecule has 0 rings (SSSR count). The van der Waals surface area contributed by atoms with Crippen LogP contribution in [0, 0.1) is 0 Å². The molecule has 0 aromatic carbocycles. The molecule has 0 amide bonds. The highest BCUT2D eigenvalue weighted by Crippen LogP contribution is 2.61. The summed E-state index contributed by atoms with van der Waals surface area (Å²) in [6.07, 6.45) is 0. The first-order chi connectivity index (χ1) is 2.94. The molecule has 0 aromatic heterocycles. The van der Waals surface area contributed by atoms with E-state index in [1.807, 2.05) is 0 Å². The van der Waals surface area contributed by atoms with Crippen LogP contribution in [0.25, 0.3) is 0 Å². The standard InChI is InChI=1S/CCl2F3P/c2-7(3)1(4,5)6/p+1. The lowest BCUT2D eigenvalue weighted by atomic mass is 11.6. The van der Waals surface area contributed by atoms with Gasteiger partial charge in [0.1, 0.15) is 22.5 Å². The number of hydrogen-bond acceptors (Lipinski definition) is 0. The maximum atomic E-state index is 11.0. The van der Waals surface area contributed by atoms with Crippen LogP contribution >= 0.6 is 29.1 Å². The van der Waals surface area contributed by atoms with Gasteiger partial charge < -0.3 is 0 Å². The van der Waals surface area contributed by atoms with Crippen molar-refractivity contribution < 1.29 is 13.2 Å². The Morgan fingerprint density at radius 2 is 1.29 bits per heavy atom. The van der Waals surface area contributed by atoms with Gasteiger partial charge in [0.25, 0.3) is 0 Å². The van der Waals surface area contributed by atoms with Crippen molar-refractivity contribution in [2.75, 3.05) is 0 Å². The zero-order valence-corrected chi connectivity index (χ0v) is 5.40. The quantitative estimate of drug-likeness (QED) is 0.492. The molecule has 0 unspecified atom stereocenters. The van der Waals surface area contributed by atoms with Crippen LogP contribution < -0.4 is 0 Å². The predicted octanol–water partition coefficient (Wildman–Crippen LogP) is 3.03. The molecule has 0 heterocycles. The molecule has 0 saturated heterocycles. The summed E-state index contributed by atoms with van der Waals surface area (Å²) in [4.78, 5) is 0. The molecular weight excluding hydrogens is 171 g/mol. The monoisotopic (exact) mass is 171 g/mol. The van der Waals surface area contributed by atoms with Crippen LogP contribution in [-0.4, -0.2) is 5.92 Å². The fourth-order valence-corrected chi connectivity index (χ4v) is 0. The molecule has 0 aliphatic heterocycles. The lowest BCUT2D eigenvalue weighted by Gasteiger charge is -1.93. The van der Waals surface area contributed by atoms with Gasteiger partial charge in [0.15, 0.2) is 0 Å². The lowest BCUT2D eigenvalue weighted by molar-refractivity contribution is -0.0364. The van der Waals surface area contributed by atoms with E-state index in [9.17, 15) is 13.2 Å². The number of hydrogen-bond donors (Lipinski definition) is 0. The minimum absolute atomic E-state index is 3.11. The molecule has 0 atom stereocenters. The first kappa shape index (κ1) is 7.80. The number of alkyl halides is 3. The molecular formula is CHCl2F3P+. The SMILES string of the molecule is FC(F)(F)[PH+](Cl)Cl. The van der Waals surface area contributed by atoms with Crippen LogP contribution in [0.4, 0.5) is 13.2 Å². The second kappa shape index (κ2) is 2.38. The van der Waals surface area contributed by atoms with Crippen LogP contribution in [0.2, 0.25) is 0 Å². The van der Waals surface area contributed by atoms with Crippen LogP contribution in [0.5, 0.6) is 0 Å². The summed E-state index contributed by atoms with van der Waals surface area (Å²) in [5.74, 6) is -4.37. The summed E-state index contributed by atoms with van der Waals surface area (Å²) in [6, 6.07) is 0. The van der Waals surface area contributed by atoms with Gasteiger partial charge in [-0.1, -0.05) is 0 Å². The second-order valence-corrected chi connectivity index (χ2v) is 4.69. The van der Waals surface area contributed by atoms with E-state index in [0.717, 1.165) is 0 Å². The molecule has 0 aromatic rings. The summed E-state index contributed by atoms with van der Waals surface area (Å²) < 4.78 is 32.9. The number of rotatable bonds is 0. The van der Waals surface area contributed by atoms with Gasteiger partial charge in [0.2, 0.25) is 0 Å². The van der Waals surface area contributed by atoms with Gasteiger partial charge in [-0.2, -0.15) is 0 Å². The minimum Gasteiger partial charge on any atom is -0.133 e. The highest BCUT2D eigenvalue weighted by molar-refractivity contribution is 8.04. The van der Waals surface area contributed by atoms with Crippen molar-refractivity contribution in [3.8, 4) is 0 Å². The fraction of sp³-hybridized carbons (Fsp3) is 1.00. The average molecular weight is 172 g/mol. The van der Waals surface area contributed by atoms with Gasteiger partial charge in [0, 0.05) is 0 Å². The smallest absolute Gasteiger partial charge is 0.133 e. The highest BCUT2D eigenvalue weighted by atomic mass is 35.9. The Morgan fingerprint density at radius 3 is 1.29 bits per heavy atom. The summed E-state index contributed by atoms with van der Waals surface area (Å²) in [7, 11) is 0. The van der Waals surface area contributed by atoms with Crippen molar-refractivity contribution in [3.05, 3.63) is 0 Å². The molecule has 44 valence electrons. The molecule has 0 spiro atoms. The van der Waals surface area contributed by atoms with Crippen LogP contribution in [0.3, 0.4) is 0 Å². The van der Waals surface area contributed by atoms with E-state index in [4.69, 9.17) is 0 Å². The predicted molar refractivity (Wildman–Crippen MR) is 26.1 cm³/mol. The van der Waals surface area contributed by atoms with E-state index < -0.39 is 12.5 Å². The third kappa shape index (κ3) is 3.39. The third-order valence-corrected chi connectivity index (χ3v) is 1.93. The largest absolute Gasteiger partial charge is 0.540 e. The summed E-state index contributed by atoms with van der Waals surface area (Å²) in [6.45, 7) is -3.11. The molecule has 0 N–H and O–H groups in total. The van der Waals surface area contributed by atoms with E-state index in [1.54, 1.807) is 0 Å².